The first-order chi connectivity index (χ1) is 5.65. The predicted molar refractivity (Wildman–Crippen MR) is 41.6 cm³/mol. The number of hydrogen-bond acceptors (Lipinski definition) is 2. The Bertz CT molecular complexity index is 317. The Morgan fingerprint density at radius 1 is 1.62 bits per heavy atom. The normalized spacial score (nSPS) is 8.85. The second kappa shape index (κ2) is 5.42. The van der Waals surface area contributed by atoms with Gasteiger partial charge in [0.25, 0.3) is 0 Å². The first-order valence-electron chi connectivity index (χ1n) is 3.34. The number of halogens is 1. The molecule has 0 unspecified atom stereocenters. The van der Waals surface area contributed by atoms with Crippen LogP contribution in [0.15, 0.2) is 12.1 Å². The SMILES string of the molecule is Cc1[c-]c(C(=O)NN)c(F)cc1.[Y+3]. The zero-order valence-electron chi connectivity index (χ0n) is 7.10. The number of carbonyl (C=O) groups excluding carboxylic acids is 1. The third-order valence-electron chi connectivity index (χ3n) is 1.40. The Morgan fingerprint density at radius 2 is 2.23 bits per heavy atom. The van der Waals surface area contributed by atoms with Crippen molar-refractivity contribution in [3.8, 4) is 0 Å². The second-order valence-electron chi connectivity index (χ2n) is 2.34. The molecular formula is C8H8FN2OY+2. The number of amides is 1. The van der Waals surface area contributed by atoms with E-state index in [4.69, 9.17) is 5.84 Å². The summed E-state index contributed by atoms with van der Waals surface area (Å²) in [7, 11) is 0. The third kappa shape index (κ3) is 3.14. The Morgan fingerprint density at radius 3 is 2.77 bits per heavy atom. The number of aryl methyl sites for hydroxylation is 1. The molecule has 1 rings (SSSR count). The molecule has 0 aliphatic heterocycles. The van der Waals surface area contributed by atoms with Gasteiger partial charge in [0.1, 0.15) is 0 Å². The van der Waals surface area contributed by atoms with Gasteiger partial charge in [0.05, 0.1) is 0 Å². The molecule has 0 aliphatic rings. The fourth-order valence-corrected chi connectivity index (χ4v) is 0.817. The molecule has 1 amide bonds. The molecule has 0 fully saturated rings. The van der Waals surface area contributed by atoms with Crippen LogP contribution in [0.25, 0.3) is 0 Å². The minimum Gasteiger partial charge on any atom is -0.330 e. The summed E-state index contributed by atoms with van der Waals surface area (Å²) in [5, 5.41) is 0. The summed E-state index contributed by atoms with van der Waals surface area (Å²) in [5.41, 5.74) is 2.37. The summed E-state index contributed by atoms with van der Waals surface area (Å²) in [6.45, 7) is 1.72. The first-order valence-corrected chi connectivity index (χ1v) is 3.34. The van der Waals surface area contributed by atoms with Gasteiger partial charge < -0.3 is 10.2 Å². The van der Waals surface area contributed by atoms with Crippen LogP contribution in [0.2, 0.25) is 0 Å². The van der Waals surface area contributed by atoms with E-state index in [0.717, 1.165) is 0 Å². The molecule has 0 aromatic heterocycles. The van der Waals surface area contributed by atoms with E-state index in [2.05, 4.69) is 6.07 Å². The van der Waals surface area contributed by atoms with Crippen LogP contribution < -0.4 is 11.3 Å². The molecule has 0 spiro atoms. The second-order valence-corrected chi connectivity index (χ2v) is 2.34. The van der Waals surface area contributed by atoms with Crippen LogP contribution in [0.3, 0.4) is 0 Å². The summed E-state index contributed by atoms with van der Waals surface area (Å²) in [6, 6.07) is 5.29. The Balaban J connectivity index is 0.00000144. The number of rotatable bonds is 1. The van der Waals surface area contributed by atoms with E-state index >= 15 is 0 Å². The molecule has 0 bridgehead atoms. The average molecular weight is 256 g/mol. The Labute approximate surface area is 101 Å². The quantitative estimate of drug-likeness (QED) is 0.333. The largest absolute Gasteiger partial charge is 3.00 e. The standard InChI is InChI=1S/C8H8FN2O.Y/c1-5-2-3-7(9)6(4-5)8(12)11-10;/h2-3H,10H2,1H3,(H,11,12);/q-1;+3. The van der Waals surface area contributed by atoms with E-state index in [9.17, 15) is 9.18 Å². The number of hydrogen-bond donors (Lipinski definition) is 2. The number of carbonyl (C=O) groups is 1. The minimum atomic E-state index is -0.670. The molecule has 1 aromatic rings. The fourth-order valence-electron chi connectivity index (χ4n) is 0.817. The maximum atomic E-state index is 12.9. The van der Waals surface area contributed by atoms with Crippen LogP contribution in [0.4, 0.5) is 4.39 Å². The summed E-state index contributed by atoms with van der Waals surface area (Å²) in [6.07, 6.45) is 0. The van der Waals surface area contributed by atoms with Crippen LogP contribution in [0.5, 0.6) is 0 Å². The number of nitrogen functional groups attached to an aromatic ring is 1. The minimum absolute atomic E-state index is 0. The Hall–Kier alpha value is -0.316. The average Bonchev–Trinajstić information content (AvgIpc) is 2.08. The van der Waals surface area contributed by atoms with Gasteiger partial charge in [0, 0.05) is 5.82 Å². The van der Waals surface area contributed by atoms with E-state index in [-0.39, 0.29) is 38.3 Å². The fraction of sp³-hybridized carbons (Fsp3) is 0.125. The van der Waals surface area contributed by atoms with E-state index in [0.29, 0.717) is 5.56 Å². The van der Waals surface area contributed by atoms with Crippen molar-refractivity contribution in [3.63, 3.8) is 0 Å². The molecule has 13 heavy (non-hydrogen) atoms. The number of nitrogens with two attached hydrogens (primary N) is 1. The van der Waals surface area contributed by atoms with Gasteiger partial charge >= 0.3 is 32.7 Å². The van der Waals surface area contributed by atoms with Gasteiger partial charge in [-0.15, -0.1) is 23.8 Å². The van der Waals surface area contributed by atoms with Crippen molar-refractivity contribution < 1.29 is 41.9 Å². The van der Waals surface area contributed by atoms with Gasteiger partial charge in [0.2, 0.25) is 0 Å². The molecule has 0 heterocycles. The molecular weight excluding hydrogens is 248 g/mol. The molecule has 0 aliphatic carbocycles. The van der Waals surface area contributed by atoms with E-state index < -0.39 is 11.7 Å². The summed E-state index contributed by atoms with van der Waals surface area (Å²) < 4.78 is 12.9. The topological polar surface area (TPSA) is 55.1 Å². The van der Waals surface area contributed by atoms with Gasteiger partial charge in [-0.05, 0) is 0 Å². The molecule has 0 atom stereocenters. The number of benzene rings is 1. The monoisotopic (exact) mass is 256 g/mol. The zero-order valence-corrected chi connectivity index (χ0v) is 9.93. The van der Waals surface area contributed by atoms with Crippen molar-refractivity contribution in [2.24, 2.45) is 5.84 Å². The van der Waals surface area contributed by atoms with Gasteiger partial charge in [-0.3, -0.25) is 10.2 Å². The van der Waals surface area contributed by atoms with Gasteiger partial charge in [-0.2, -0.15) is 0 Å². The molecule has 64 valence electrons. The molecule has 3 nitrogen and oxygen atoms in total. The predicted octanol–water partition coefficient (Wildman–Crippen LogP) is 0.535. The van der Waals surface area contributed by atoms with Gasteiger partial charge in [-0.1, -0.05) is 12.5 Å². The van der Waals surface area contributed by atoms with E-state index in [1.807, 2.05) is 5.43 Å². The van der Waals surface area contributed by atoms with Crippen LogP contribution >= 0.6 is 0 Å². The van der Waals surface area contributed by atoms with E-state index in [1.165, 1.54) is 12.1 Å². The van der Waals surface area contributed by atoms with Crippen LogP contribution in [-0.2, 0) is 32.7 Å². The van der Waals surface area contributed by atoms with Crippen molar-refractivity contribution in [1.29, 1.82) is 0 Å². The number of nitrogens with one attached hydrogen (secondary N) is 1. The van der Waals surface area contributed by atoms with Crippen molar-refractivity contribution in [2.45, 2.75) is 6.92 Å². The zero-order chi connectivity index (χ0) is 9.14. The summed E-state index contributed by atoms with van der Waals surface area (Å²) in [5.74, 6) is 3.54. The Kier molecular flexibility index (Phi) is 5.29. The maximum Gasteiger partial charge on any atom is 3.00 e. The van der Waals surface area contributed by atoms with Crippen molar-refractivity contribution in [1.82, 2.24) is 5.43 Å². The summed E-state index contributed by atoms with van der Waals surface area (Å²) in [4.78, 5) is 10.9. The molecule has 0 saturated heterocycles. The van der Waals surface area contributed by atoms with Crippen LogP contribution in [0, 0.1) is 18.8 Å². The third-order valence-corrected chi connectivity index (χ3v) is 1.40. The first kappa shape index (κ1) is 12.7. The molecule has 0 saturated carbocycles. The summed E-state index contributed by atoms with van der Waals surface area (Å²) >= 11 is 0. The van der Waals surface area contributed by atoms with Crippen molar-refractivity contribution in [2.75, 3.05) is 0 Å². The molecule has 0 radical (unpaired) electrons. The van der Waals surface area contributed by atoms with E-state index in [1.54, 1.807) is 6.92 Å². The smallest absolute Gasteiger partial charge is 0.330 e. The van der Waals surface area contributed by atoms with Crippen molar-refractivity contribution in [3.05, 3.63) is 35.1 Å². The van der Waals surface area contributed by atoms with Gasteiger partial charge in [0.15, 0.2) is 5.91 Å². The number of hydrazine groups is 1. The maximum absolute atomic E-state index is 12.9. The van der Waals surface area contributed by atoms with Crippen LogP contribution in [-0.4, -0.2) is 5.91 Å². The molecule has 5 heteroatoms. The molecule has 1 aromatic carbocycles. The molecule has 3 N–H and O–H groups in total. The van der Waals surface area contributed by atoms with Gasteiger partial charge in [-0.25, -0.2) is 0 Å². The van der Waals surface area contributed by atoms with Crippen LogP contribution in [0.1, 0.15) is 15.9 Å². The van der Waals surface area contributed by atoms with Crippen molar-refractivity contribution >= 4 is 5.91 Å².